The zero-order valence-electron chi connectivity index (χ0n) is 9.43. The number of hydrogen-bond donors (Lipinski definition) is 0. The van der Waals surface area contributed by atoms with Gasteiger partial charge in [0.05, 0.1) is 5.38 Å². The highest BCUT2D eigenvalue weighted by Crippen LogP contribution is 2.38. The molecule has 0 bridgehead atoms. The van der Waals surface area contributed by atoms with Gasteiger partial charge in [0.2, 0.25) is 0 Å². The summed E-state index contributed by atoms with van der Waals surface area (Å²) in [6.45, 7) is 4.10. The van der Waals surface area contributed by atoms with Gasteiger partial charge in [0, 0.05) is 19.2 Å². The fraction of sp³-hybridized carbons (Fsp3) is 0.231. The molecule has 1 aromatic heterocycles. The van der Waals surface area contributed by atoms with Crippen LogP contribution in [0, 0.1) is 13.8 Å². The van der Waals surface area contributed by atoms with E-state index in [0.29, 0.717) is 0 Å². The van der Waals surface area contributed by atoms with E-state index in [-0.39, 0.29) is 5.38 Å². The molecule has 0 saturated heterocycles. The van der Waals surface area contributed by atoms with Crippen LogP contribution in [-0.4, -0.2) is 0 Å². The smallest absolute Gasteiger partial charge is 0.0928 e. The first-order valence-corrected chi connectivity index (χ1v) is 7.57. The minimum atomic E-state index is -0.137. The van der Waals surface area contributed by atoms with Gasteiger partial charge in [0.25, 0.3) is 0 Å². The number of thiophene rings is 1. The van der Waals surface area contributed by atoms with Crippen molar-refractivity contribution in [2.24, 2.45) is 0 Å². The van der Waals surface area contributed by atoms with Crippen LogP contribution in [0.2, 0.25) is 5.02 Å². The predicted molar refractivity (Wildman–Crippen MR) is 80.6 cm³/mol. The summed E-state index contributed by atoms with van der Waals surface area (Å²) in [6, 6.07) is 8.01. The van der Waals surface area contributed by atoms with Crippen molar-refractivity contribution in [2.45, 2.75) is 19.2 Å². The molecule has 0 aliphatic heterocycles. The van der Waals surface area contributed by atoms with E-state index in [9.17, 15) is 0 Å². The number of hydrogen-bond acceptors (Lipinski definition) is 1. The van der Waals surface area contributed by atoms with Gasteiger partial charge in [-0.3, -0.25) is 0 Å². The zero-order valence-corrected chi connectivity index (χ0v) is 13.3. The van der Waals surface area contributed by atoms with Crippen molar-refractivity contribution >= 4 is 50.5 Å². The molecule has 0 aliphatic carbocycles. The Labute approximate surface area is 124 Å². The third kappa shape index (κ3) is 3.05. The van der Waals surface area contributed by atoms with E-state index in [1.807, 2.05) is 19.1 Å². The predicted octanol–water partition coefficient (Wildman–Crippen LogP) is 6.11. The topological polar surface area (TPSA) is 0 Å². The third-order valence-electron chi connectivity index (χ3n) is 2.48. The zero-order chi connectivity index (χ0) is 12.6. The van der Waals surface area contributed by atoms with Gasteiger partial charge < -0.3 is 0 Å². The molecule has 0 nitrogen and oxygen atoms in total. The molecule has 0 radical (unpaired) electrons. The van der Waals surface area contributed by atoms with Crippen molar-refractivity contribution in [1.82, 2.24) is 0 Å². The summed E-state index contributed by atoms with van der Waals surface area (Å²) in [5.74, 6) is 0. The lowest BCUT2D eigenvalue weighted by molar-refractivity contribution is 1.17. The van der Waals surface area contributed by atoms with E-state index in [0.717, 1.165) is 25.5 Å². The monoisotopic (exact) mass is 348 g/mol. The summed E-state index contributed by atoms with van der Waals surface area (Å²) in [4.78, 5) is 2.38. The highest BCUT2D eigenvalue weighted by Gasteiger charge is 2.15. The second kappa shape index (κ2) is 5.31. The third-order valence-corrected chi connectivity index (χ3v) is 5.52. The highest BCUT2D eigenvalue weighted by molar-refractivity contribution is 9.10. The first-order valence-electron chi connectivity index (χ1n) is 5.14. The van der Waals surface area contributed by atoms with Crippen molar-refractivity contribution in [1.29, 1.82) is 0 Å². The van der Waals surface area contributed by atoms with Gasteiger partial charge in [-0.05, 0) is 59.1 Å². The molecule has 0 saturated carbocycles. The average molecular weight is 350 g/mol. The molecule has 2 rings (SSSR count). The molecular formula is C13H11BrCl2S. The van der Waals surface area contributed by atoms with Crippen LogP contribution in [0.4, 0.5) is 0 Å². The summed E-state index contributed by atoms with van der Waals surface area (Å²) in [5.41, 5.74) is 2.18. The van der Waals surface area contributed by atoms with Gasteiger partial charge in [-0.2, -0.15) is 0 Å². The van der Waals surface area contributed by atoms with Crippen molar-refractivity contribution in [3.63, 3.8) is 0 Å². The quantitative estimate of drug-likeness (QED) is 0.574. The largest absolute Gasteiger partial charge is 0.143 e. The van der Waals surface area contributed by atoms with Crippen LogP contribution in [0.5, 0.6) is 0 Å². The van der Waals surface area contributed by atoms with Crippen molar-refractivity contribution < 1.29 is 0 Å². The highest BCUT2D eigenvalue weighted by atomic mass is 79.9. The molecule has 0 amide bonds. The fourth-order valence-electron chi connectivity index (χ4n) is 1.68. The van der Waals surface area contributed by atoms with E-state index in [1.54, 1.807) is 11.3 Å². The summed E-state index contributed by atoms with van der Waals surface area (Å²) in [7, 11) is 0. The Morgan fingerprint density at radius 2 is 1.88 bits per heavy atom. The van der Waals surface area contributed by atoms with E-state index in [4.69, 9.17) is 23.2 Å². The summed E-state index contributed by atoms with van der Waals surface area (Å²) < 4.78 is 1.11. The van der Waals surface area contributed by atoms with Gasteiger partial charge in [0.15, 0.2) is 0 Å². The molecule has 0 spiro atoms. The van der Waals surface area contributed by atoms with Gasteiger partial charge in [-0.25, -0.2) is 0 Å². The SMILES string of the molecule is Cc1cc(Cl)cc(C(Cl)c2cc(Br)c(C)s2)c1. The molecule has 90 valence electrons. The second-order valence-corrected chi connectivity index (χ2v) is 6.99. The van der Waals surface area contributed by atoms with Crippen LogP contribution in [0.15, 0.2) is 28.7 Å². The number of benzene rings is 1. The molecule has 1 aromatic carbocycles. The molecule has 1 atom stereocenters. The number of halogens is 3. The van der Waals surface area contributed by atoms with Gasteiger partial charge in [-0.1, -0.05) is 17.7 Å². The Kier molecular flexibility index (Phi) is 4.19. The minimum Gasteiger partial charge on any atom is -0.143 e. The van der Waals surface area contributed by atoms with Crippen LogP contribution >= 0.6 is 50.5 Å². The molecule has 0 fully saturated rings. The summed E-state index contributed by atoms with van der Waals surface area (Å²) >= 11 is 17.8. The molecule has 0 N–H and O–H groups in total. The maximum Gasteiger partial charge on any atom is 0.0928 e. The number of alkyl halides is 1. The van der Waals surface area contributed by atoms with Gasteiger partial charge >= 0.3 is 0 Å². The first kappa shape index (κ1) is 13.4. The maximum atomic E-state index is 6.49. The Morgan fingerprint density at radius 3 is 2.41 bits per heavy atom. The molecule has 1 unspecified atom stereocenters. The maximum absolute atomic E-state index is 6.49. The number of rotatable bonds is 2. The fourth-order valence-corrected chi connectivity index (χ4v) is 3.87. The Hall–Kier alpha value is -0.0200. The van der Waals surface area contributed by atoms with Crippen LogP contribution in [0.1, 0.15) is 26.3 Å². The average Bonchev–Trinajstić information content (AvgIpc) is 2.57. The number of aryl methyl sites for hydroxylation is 2. The van der Waals surface area contributed by atoms with Crippen LogP contribution in [-0.2, 0) is 0 Å². The molecule has 0 aliphatic rings. The van der Waals surface area contributed by atoms with E-state index in [2.05, 4.69) is 35.0 Å². The minimum absolute atomic E-state index is 0.137. The van der Waals surface area contributed by atoms with Gasteiger partial charge in [-0.15, -0.1) is 22.9 Å². The molecule has 17 heavy (non-hydrogen) atoms. The standard InChI is InChI=1S/C13H11BrCl2S/c1-7-3-9(5-10(15)4-7)13(16)12-6-11(14)8(2)17-12/h3-6,13H,1-2H3. The second-order valence-electron chi connectivity index (χ2n) is 3.98. The van der Waals surface area contributed by atoms with Crippen LogP contribution < -0.4 is 0 Å². The van der Waals surface area contributed by atoms with E-state index < -0.39 is 0 Å². The van der Waals surface area contributed by atoms with Crippen molar-refractivity contribution in [2.75, 3.05) is 0 Å². The first-order chi connectivity index (χ1) is 7.97. The Balaban J connectivity index is 2.39. The van der Waals surface area contributed by atoms with E-state index in [1.165, 1.54) is 4.88 Å². The van der Waals surface area contributed by atoms with Crippen LogP contribution in [0.3, 0.4) is 0 Å². The molecule has 1 heterocycles. The van der Waals surface area contributed by atoms with E-state index >= 15 is 0 Å². The Bertz CT molecular complexity index is 509. The van der Waals surface area contributed by atoms with Gasteiger partial charge in [0.1, 0.15) is 0 Å². The van der Waals surface area contributed by atoms with Crippen LogP contribution in [0.25, 0.3) is 0 Å². The van der Waals surface area contributed by atoms with Crippen molar-refractivity contribution in [3.8, 4) is 0 Å². The molecular weight excluding hydrogens is 339 g/mol. The molecule has 4 heteroatoms. The molecule has 2 aromatic rings. The lowest BCUT2D eigenvalue weighted by Gasteiger charge is -2.09. The van der Waals surface area contributed by atoms with Crippen molar-refractivity contribution in [3.05, 3.63) is 54.6 Å². The summed E-state index contributed by atoms with van der Waals surface area (Å²) in [6.07, 6.45) is 0. The normalized spacial score (nSPS) is 12.8. The lowest BCUT2D eigenvalue weighted by atomic mass is 10.1. The Morgan fingerprint density at radius 1 is 1.18 bits per heavy atom. The summed E-state index contributed by atoms with van der Waals surface area (Å²) in [5, 5.41) is 0.598. The lowest BCUT2D eigenvalue weighted by Crippen LogP contribution is -1.91.